The zero-order valence-corrected chi connectivity index (χ0v) is 10.1. The molecule has 15 heavy (non-hydrogen) atoms. The molecule has 0 unspecified atom stereocenters. The van der Waals surface area contributed by atoms with Crippen molar-refractivity contribution in [1.29, 1.82) is 0 Å². The zero-order valence-electron chi connectivity index (χ0n) is 8.55. The van der Waals surface area contributed by atoms with E-state index >= 15 is 0 Å². The van der Waals surface area contributed by atoms with Crippen LogP contribution < -0.4 is 5.43 Å². The maximum absolute atomic E-state index is 11.4. The van der Waals surface area contributed by atoms with Gasteiger partial charge in [0.05, 0.1) is 6.42 Å². The lowest BCUT2D eigenvalue weighted by Gasteiger charge is -2.12. The fourth-order valence-corrected chi connectivity index (χ4v) is 1.60. The van der Waals surface area contributed by atoms with Crippen LogP contribution in [0.5, 0.6) is 0 Å². The van der Waals surface area contributed by atoms with Gasteiger partial charge in [-0.15, -0.1) is 0 Å². The maximum Gasteiger partial charge on any atom is 0.238 e. The summed E-state index contributed by atoms with van der Waals surface area (Å²) in [6.07, 6.45) is 0.244. The smallest absolute Gasteiger partial charge is 0.238 e. The van der Waals surface area contributed by atoms with Gasteiger partial charge >= 0.3 is 0 Å². The Morgan fingerprint density at radius 2 is 2.07 bits per heavy atom. The SMILES string of the molecule is CN(C)NC(=O)Cc1ccc(Cl)cc1Cl. The third-order valence-electron chi connectivity index (χ3n) is 1.71. The first-order valence-electron chi connectivity index (χ1n) is 4.40. The van der Waals surface area contributed by atoms with Crippen molar-refractivity contribution in [2.45, 2.75) is 6.42 Å². The molecule has 0 radical (unpaired) electrons. The van der Waals surface area contributed by atoms with Crippen LogP contribution in [0, 0.1) is 0 Å². The fourth-order valence-electron chi connectivity index (χ4n) is 1.13. The minimum atomic E-state index is -0.107. The summed E-state index contributed by atoms with van der Waals surface area (Å²) in [5.41, 5.74) is 3.40. The average molecular weight is 247 g/mol. The van der Waals surface area contributed by atoms with Gasteiger partial charge in [0.1, 0.15) is 0 Å². The predicted molar refractivity (Wildman–Crippen MR) is 62.0 cm³/mol. The Bertz CT molecular complexity index is 366. The highest BCUT2D eigenvalue weighted by molar-refractivity contribution is 6.35. The van der Waals surface area contributed by atoms with E-state index in [-0.39, 0.29) is 12.3 Å². The first-order chi connectivity index (χ1) is 6.99. The summed E-state index contributed by atoms with van der Waals surface area (Å²) in [4.78, 5) is 11.4. The molecule has 5 heteroatoms. The van der Waals surface area contributed by atoms with Crippen LogP contribution in [-0.2, 0) is 11.2 Å². The number of hydrogen-bond donors (Lipinski definition) is 1. The second-order valence-electron chi connectivity index (χ2n) is 3.34. The number of nitrogens with one attached hydrogen (secondary N) is 1. The van der Waals surface area contributed by atoms with Crippen molar-refractivity contribution in [2.24, 2.45) is 0 Å². The molecule has 0 aromatic heterocycles. The third kappa shape index (κ3) is 4.08. The minimum absolute atomic E-state index is 0.107. The van der Waals surface area contributed by atoms with E-state index in [1.165, 1.54) is 0 Å². The van der Waals surface area contributed by atoms with E-state index in [0.717, 1.165) is 5.56 Å². The number of hydrazine groups is 1. The summed E-state index contributed by atoms with van der Waals surface area (Å²) in [5.74, 6) is -0.107. The van der Waals surface area contributed by atoms with E-state index in [2.05, 4.69) is 5.43 Å². The van der Waals surface area contributed by atoms with Crippen LogP contribution in [0.15, 0.2) is 18.2 Å². The van der Waals surface area contributed by atoms with Gasteiger partial charge in [0.15, 0.2) is 0 Å². The van der Waals surface area contributed by atoms with Crippen molar-refractivity contribution in [3.05, 3.63) is 33.8 Å². The molecule has 0 aliphatic rings. The molecule has 0 saturated heterocycles. The number of carbonyl (C=O) groups is 1. The molecular weight excluding hydrogens is 235 g/mol. The largest absolute Gasteiger partial charge is 0.289 e. The summed E-state index contributed by atoms with van der Waals surface area (Å²) in [7, 11) is 3.50. The number of rotatable bonds is 3. The van der Waals surface area contributed by atoms with Gasteiger partial charge in [-0.25, -0.2) is 5.01 Å². The standard InChI is InChI=1S/C10H12Cl2N2O/c1-14(2)13-10(15)5-7-3-4-8(11)6-9(7)12/h3-4,6H,5H2,1-2H3,(H,13,15). The zero-order chi connectivity index (χ0) is 11.4. The Kier molecular flexibility index (Phi) is 4.39. The number of halogens is 2. The molecule has 0 saturated carbocycles. The Hall–Kier alpha value is -0.770. The molecule has 0 fully saturated rings. The Balaban J connectivity index is 2.68. The number of carbonyl (C=O) groups excluding carboxylic acids is 1. The van der Waals surface area contributed by atoms with Crippen LogP contribution >= 0.6 is 23.2 Å². The Morgan fingerprint density at radius 3 is 2.60 bits per heavy atom. The van der Waals surface area contributed by atoms with E-state index in [1.54, 1.807) is 37.3 Å². The molecule has 0 aliphatic heterocycles. The first kappa shape index (κ1) is 12.3. The molecule has 1 N–H and O–H groups in total. The molecule has 82 valence electrons. The quantitative estimate of drug-likeness (QED) is 0.830. The average Bonchev–Trinajstić information content (AvgIpc) is 2.08. The predicted octanol–water partition coefficient (Wildman–Crippen LogP) is 2.13. The summed E-state index contributed by atoms with van der Waals surface area (Å²) in [5, 5.41) is 2.67. The van der Waals surface area contributed by atoms with E-state index in [9.17, 15) is 4.79 Å². The van der Waals surface area contributed by atoms with Gasteiger partial charge in [0.2, 0.25) is 5.91 Å². The van der Waals surface area contributed by atoms with Crippen molar-refractivity contribution in [2.75, 3.05) is 14.1 Å². The number of nitrogens with zero attached hydrogens (tertiary/aromatic N) is 1. The molecule has 1 rings (SSSR count). The highest BCUT2D eigenvalue weighted by atomic mass is 35.5. The van der Waals surface area contributed by atoms with E-state index < -0.39 is 0 Å². The van der Waals surface area contributed by atoms with E-state index in [4.69, 9.17) is 23.2 Å². The number of benzene rings is 1. The first-order valence-corrected chi connectivity index (χ1v) is 5.15. The lowest BCUT2D eigenvalue weighted by molar-refractivity contribution is -0.124. The second-order valence-corrected chi connectivity index (χ2v) is 4.19. The summed E-state index contributed by atoms with van der Waals surface area (Å²) < 4.78 is 0. The third-order valence-corrected chi connectivity index (χ3v) is 2.30. The van der Waals surface area contributed by atoms with Crippen molar-refractivity contribution >= 4 is 29.1 Å². The summed E-state index contributed by atoms with van der Waals surface area (Å²) in [6, 6.07) is 5.09. The van der Waals surface area contributed by atoms with E-state index in [1.807, 2.05) is 0 Å². The normalized spacial score (nSPS) is 10.5. The maximum atomic E-state index is 11.4. The van der Waals surface area contributed by atoms with Crippen LogP contribution in [-0.4, -0.2) is 25.0 Å². The highest BCUT2D eigenvalue weighted by Gasteiger charge is 2.07. The van der Waals surface area contributed by atoms with Gasteiger partial charge in [0, 0.05) is 24.1 Å². The Morgan fingerprint density at radius 1 is 1.40 bits per heavy atom. The van der Waals surface area contributed by atoms with Crippen LogP contribution in [0.25, 0.3) is 0 Å². The second kappa shape index (κ2) is 5.35. The molecule has 0 bridgehead atoms. The summed E-state index contributed by atoms with van der Waals surface area (Å²) in [6.45, 7) is 0. The van der Waals surface area contributed by atoms with Crippen LogP contribution in [0.4, 0.5) is 0 Å². The summed E-state index contributed by atoms with van der Waals surface area (Å²) >= 11 is 11.7. The number of hydrogen-bond acceptors (Lipinski definition) is 2. The van der Waals surface area contributed by atoms with Crippen LogP contribution in [0.1, 0.15) is 5.56 Å². The van der Waals surface area contributed by atoms with Crippen molar-refractivity contribution < 1.29 is 4.79 Å². The molecule has 1 aromatic carbocycles. The van der Waals surface area contributed by atoms with Gasteiger partial charge < -0.3 is 0 Å². The minimum Gasteiger partial charge on any atom is -0.289 e. The molecule has 0 heterocycles. The van der Waals surface area contributed by atoms with Crippen LogP contribution in [0.3, 0.4) is 0 Å². The van der Waals surface area contributed by atoms with Crippen LogP contribution in [0.2, 0.25) is 10.0 Å². The van der Waals surface area contributed by atoms with Gasteiger partial charge in [-0.2, -0.15) is 0 Å². The molecule has 3 nitrogen and oxygen atoms in total. The van der Waals surface area contributed by atoms with Crippen molar-refractivity contribution in [3.8, 4) is 0 Å². The topological polar surface area (TPSA) is 32.3 Å². The highest BCUT2D eigenvalue weighted by Crippen LogP contribution is 2.21. The molecular formula is C10H12Cl2N2O. The Labute approximate surface area is 98.9 Å². The van der Waals surface area contributed by atoms with E-state index in [0.29, 0.717) is 10.0 Å². The molecule has 0 aliphatic carbocycles. The molecule has 1 amide bonds. The van der Waals surface area contributed by atoms with Gasteiger partial charge in [-0.05, 0) is 17.7 Å². The monoisotopic (exact) mass is 246 g/mol. The molecule has 0 atom stereocenters. The van der Waals surface area contributed by atoms with Crippen molar-refractivity contribution in [3.63, 3.8) is 0 Å². The fraction of sp³-hybridized carbons (Fsp3) is 0.300. The molecule has 1 aromatic rings. The van der Waals surface area contributed by atoms with Crippen molar-refractivity contribution in [1.82, 2.24) is 10.4 Å². The number of amides is 1. The lowest BCUT2D eigenvalue weighted by Crippen LogP contribution is -2.37. The lowest BCUT2D eigenvalue weighted by atomic mass is 10.1. The molecule has 0 spiro atoms. The van der Waals surface area contributed by atoms with Gasteiger partial charge in [-0.1, -0.05) is 29.3 Å². The van der Waals surface area contributed by atoms with Gasteiger partial charge in [-0.3, -0.25) is 10.2 Å². The van der Waals surface area contributed by atoms with Gasteiger partial charge in [0.25, 0.3) is 0 Å².